The minimum absolute atomic E-state index is 0.245. The molecule has 112 valence electrons. The number of carbonyl (C=O) groups excluding carboxylic acids is 1. The highest BCUT2D eigenvalue weighted by Crippen LogP contribution is 2.30. The molecule has 0 aliphatic carbocycles. The number of amides is 1. The Morgan fingerprint density at radius 3 is 2.86 bits per heavy atom. The van der Waals surface area contributed by atoms with Crippen molar-refractivity contribution in [3.05, 3.63) is 56.1 Å². The number of anilines is 1. The lowest BCUT2D eigenvalue weighted by molar-refractivity contribution is 0.102. The average Bonchev–Trinajstić information content (AvgIpc) is 3.11. The lowest BCUT2D eigenvalue weighted by atomic mass is 10.3. The van der Waals surface area contributed by atoms with E-state index in [-0.39, 0.29) is 5.91 Å². The van der Waals surface area contributed by atoms with Crippen LogP contribution in [-0.4, -0.2) is 10.9 Å². The zero-order valence-corrected chi connectivity index (χ0v) is 15.4. The third-order valence-electron chi connectivity index (χ3n) is 2.92. The van der Waals surface area contributed by atoms with Crippen LogP contribution in [0, 0.1) is 6.92 Å². The van der Waals surface area contributed by atoms with Crippen LogP contribution >= 0.6 is 43.2 Å². The minimum Gasteiger partial charge on any atom is -0.462 e. The quantitative estimate of drug-likeness (QED) is 0.584. The third-order valence-corrected chi connectivity index (χ3v) is 5.09. The molecule has 1 N–H and O–H groups in total. The van der Waals surface area contributed by atoms with Crippen LogP contribution in [-0.2, 0) is 0 Å². The number of hydrogen-bond acceptors (Lipinski definition) is 4. The monoisotopic (exact) mass is 440 g/mol. The van der Waals surface area contributed by atoms with Crippen LogP contribution in [0.5, 0.6) is 0 Å². The standard InChI is InChI=1S/C15H10Br2N2O2S/c1-8-13(19-15(22-8)12-3-2-6-21-12)14(20)18-11-7-9(16)4-5-10(11)17/h2-7H,1H3,(H,18,20). The molecule has 0 spiro atoms. The largest absolute Gasteiger partial charge is 0.462 e. The van der Waals surface area contributed by atoms with Crippen LogP contribution in [0.2, 0.25) is 0 Å². The Hall–Kier alpha value is -1.44. The molecule has 3 aromatic rings. The molecule has 0 aliphatic heterocycles. The Kier molecular flexibility index (Phi) is 4.46. The van der Waals surface area contributed by atoms with Gasteiger partial charge in [-0.1, -0.05) is 15.9 Å². The number of benzene rings is 1. The fourth-order valence-corrected chi connectivity index (χ4v) is 3.47. The van der Waals surface area contributed by atoms with Gasteiger partial charge in [-0.05, 0) is 53.2 Å². The number of nitrogens with one attached hydrogen (secondary N) is 1. The number of furan rings is 1. The van der Waals surface area contributed by atoms with Crippen LogP contribution in [0.3, 0.4) is 0 Å². The zero-order chi connectivity index (χ0) is 15.7. The Labute approximate surface area is 147 Å². The first kappa shape index (κ1) is 15.5. The van der Waals surface area contributed by atoms with E-state index < -0.39 is 0 Å². The van der Waals surface area contributed by atoms with E-state index >= 15 is 0 Å². The van der Waals surface area contributed by atoms with Crippen molar-refractivity contribution in [1.29, 1.82) is 0 Å². The molecular weight excluding hydrogens is 432 g/mol. The molecule has 0 aliphatic rings. The van der Waals surface area contributed by atoms with Crippen molar-refractivity contribution in [1.82, 2.24) is 4.98 Å². The van der Waals surface area contributed by atoms with Crippen molar-refractivity contribution in [2.75, 3.05) is 5.32 Å². The van der Waals surface area contributed by atoms with E-state index in [2.05, 4.69) is 42.2 Å². The fraction of sp³-hybridized carbons (Fsp3) is 0.0667. The Balaban J connectivity index is 1.88. The Morgan fingerprint density at radius 2 is 2.14 bits per heavy atom. The highest BCUT2D eigenvalue weighted by atomic mass is 79.9. The maximum absolute atomic E-state index is 12.4. The third kappa shape index (κ3) is 3.16. The van der Waals surface area contributed by atoms with Gasteiger partial charge in [0.15, 0.2) is 10.8 Å². The van der Waals surface area contributed by atoms with Gasteiger partial charge >= 0.3 is 0 Å². The summed E-state index contributed by atoms with van der Waals surface area (Å²) in [6.45, 7) is 1.87. The molecule has 0 saturated heterocycles. The minimum atomic E-state index is -0.245. The second kappa shape index (κ2) is 6.36. The van der Waals surface area contributed by atoms with Gasteiger partial charge in [0.2, 0.25) is 0 Å². The lowest BCUT2D eigenvalue weighted by Gasteiger charge is -2.07. The summed E-state index contributed by atoms with van der Waals surface area (Å²) in [5, 5.41) is 3.56. The molecule has 22 heavy (non-hydrogen) atoms. The number of nitrogens with zero attached hydrogens (tertiary/aromatic N) is 1. The summed E-state index contributed by atoms with van der Waals surface area (Å²) < 4.78 is 7.02. The predicted octanol–water partition coefficient (Wildman–Crippen LogP) is 5.49. The zero-order valence-electron chi connectivity index (χ0n) is 11.4. The summed E-state index contributed by atoms with van der Waals surface area (Å²) in [4.78, 5) is 17.7. The SMILES string of the molecule is Cc1sc(-c2ccco2)nc1C(=O)Nc1cc(Br)ccc1Br. The number of aromatic nitrogens is 1. The highest BCUT2D eigenvalue weighted by Gasteiger charge is 2.18. The summed E-state index contributed by atoms with van der Waals surface area (Å²) in [5.74, 6) is 0.418. The van der Waals surface area contributed by atoms with Crippen LogP contribution in [0.4, 0.5) is 5.69 Å². The normalized spacial score (nSPS) is 10.7. The van der Waals surface area contributed by atoms with E-state index in [9.17, 15) is 4.79 Å². The average molecular weight is 442 g/mol. The van der Waals surface area contributed by atoms with E-state index in [4.69, 9.17) is 4.42 Å². The first-order chi connectivity index (χ1) is 10.5. The second-order valence-electron chi connectivity index (χ2n) is 4.48. The molecule has 0 bridgehead atoms. The van der Waals surface area contributed by atoms with Crippen LogP contribution in [0.1, 0.15) is 15.4 Å². The molecule has 2 aromatic heterocycles. The number of carbonyl (C=O) groups is 1. The Morgan fingerprint density at radius 1 is 1.32 bits per heavy atom. The molecular formula is C15H10Br2N2O2S. The topological polar surface area (TPSA) is 55.1 Å². The number of hydrogen-bond donors (Lipinski definition) is 1. The van der Waals surface area contributed by atoms with E-state index in [0.29, 0.717) is 22.1 Å². The summed E-state index contributed by atoms with van der Waals surface area (Å²) in [6, 6.07) is 9.21. The summed E-state index contributed by atoms with van der Waals surface area (Å²) in [6.07, 6.45) is 1.59. The van der Waals surface area contributed by atoms with Gasteiger partial charge < -0.3 is 9.73 Å². The molecule has 0 saturated carbocycles. The highest BCUT2D eigenvalue weighted by molar-refractivity contribution is 9.11. The molecule has 0 fully saturated rings. The van der Waals surface area contributed by atoms with E-state index in [1.54, 1.807) is 12.3 Å². The first-order valence-corrected chi connectivity index (χ1v) is 8.72. The maximum Gasteiger partial charge on any atom is 0.275 e. The van der Waals surface area contributed by atoms with E-state index in [0.717, 1.165) is 13.8 Å². The van der Waals surface area contributed by atoms with Gasteiger partial charge in [-0.2, -0.15) is 0 Å². The first-order valence-electron chi connectivity index (χ1n) is 6.32. The molecule has 2 heterocycles. The van der Waals surface area contributed by atoms with Crippen molar-refractivity contribution in [2.24, 2.45) is 0 Å². The van der Waals surface area contributed by atoms with E-state index in [1.807, 2.05) is 31.2 Å². The Bertz CT molecular complexity index is 828. The van der Waals surface area contributed by atoms with Gasteiger partial charge in [0.1, 0.15) is 5.69 Å². The van der Waals surface area contributed by atoms with Gasteiger partial charge in [-0.25, -0.2) is 4.98 Å². The maximum atomic E-state index is 12.4. The summed E-state index contributed by atoms with van der Waals surface area (Å²) >= 11 is 8.24. The van der Waals surface area contributed by atoms with Crippen molar-refractivity contribution >= 4 is 54.8 Å². The van der Waals surface area contributed by atoms with Gasteiger partial charge in [0.25, 0.3) is 5.91 Å². The van der Waals surface area contributed by atoms with Crippen molar-refractivity contribution < 1.29 is 9.21 Å². The summed E-state index contributed by atoms with van der Waals surface area (Å²) in [5.41, 5.74) is 1.09. The van der Waals surface area contributed by atoms with Crippen LogP contribution in [0.25, 0.3) is 10.8 Å². The van der Waals surface area contributed by atoms with Crippen molar-refractivity contribution in [2.45, 2.75) is 6.92 Å². The van der Waals surface area contributed by atoms with Crippen LogP contribution < -0.4 is 5.32 Å². The molecule has 0 unspecified atom stereocenters. The number of aryl methyl sites for hydroxylation is 1. The van der Waals surface area contributed by atoms with Crippen molar-refractivity contribution in [3.63, 3.8) is 0 Å². The molecule has 1 amide bonds. The molecule has 7 heteroatoms. The molecule has 0 radical (unpaired) electrons. The number of rotatable bonds is 3. The molecule has 1 aromatic carbocycles. The lowest BCUT2D eigenvalue weighted by Crippen LogP contribution is -2.13. The fourth-order valence-electron chi connectivity index (χ4n) is 1.89. The predicted molar refractivity (Wildman–Crippen MR) is 94.3 cm³/mol. The molecule has 0 atom stereocenters. The van der Waals surface area contributed by atoms with Gasteiger partial charge in [0, 0.05) is 13.8 Å². The van der Waals surface area contributed by atoms with Gasteiger partial charge in [-0.15, -0.1) is 11.3 Å². The number of thiazole rings is 1. The molecule has 3 rings (SSSR count). The van der Waals surface area contributed by atoms with Crippen LogP contribution in [0.15, 0.2) is 50.0 Å². The van der Waals surface area contributed by atoms with Crippen molar-refractivity contribution in [3.8, 4) is 10.8 Å². The second-order valence-corrected chi connectivity index (χ2v) is 7.45. The number of halogens is 2. The smallest absolute Gasteiger partial charge is 0.275 e. The molecule has 4 nitrogen and oxygen atoms in total. The summed E-state index contributed by atoms with van der Waals surface area (Å²) in [7, 11) is 0. The van der Waals surface area contributed by atoms with E-state index in [1.165, 1.54) is 11.3 Å². The van der Waals surface area contributed by atoms with Gasteiger partial charge in [-0.3, -0.25) is 4.79 Å². The van der Waals surface area contributed by atoms with Gasteiger partial charge in [0.05, 0.1) is 12.0 Å².